The predicted octanol–water partition coefficient (Wildman–Crippen LogP) is 3.10. The first-order chi connectivity index (χ1) is 9.15. The van der Waals surface area contributed by atoms with Crippen molar-refractivity contribution in [2.24, 2.45) is 5.92 Å². The van der Waals surface area contributed by atoms with Crippen molar-refractivity contribution in [2.45, 2.75) is 20.0 Å². The van der Waals surface area contributed by atoms with Gasteiger partial charge in [-0.2, -0.15) is 0 Å². The van der Waals surface area contributed by atoms with E-state index in [1.165, 1.54) is 6.07 Å². The van der Waals surface area contributed by atoms with Crippen LogP contribution in [0.25, 0.3) is 0 Å². The van der Waals surface area contributed by atoms with Gasteiger partial charge in [0.25, 0.3) is 0 Å². The standard InChI is InChI=1S/C14H17ClFN3/c1-11(9-19-5-4-17-10-19)7-18-8-12-2-3-13(15)14(16)6-12/h2-6,10-11,18H,7-9H2,1H3. The fraction of sp³-hybridized carbons (Fsp3) is 0.357. The van der Waals surface area contributed by atoms with Gasteiger partial charge in [-0.1, -0.05) is 24.6 Å². The second-order valence-corrected chi connectivity index (χ2v) is 5.15. The number of hydrogen-bond acceptors (Lipinski definition) is 2. The van der Waals surface area contributed by atoms with Crippen LogP contribution < -0.4 is 5.32 Å². The first-order valence-electron chi connectivity index (χ1n) is 6.25. The number of rotatable bonds is 6. The van der Waals surface area contributed by atoms with Gasteiger partial charge in [-0.3, -0.25) is 0 Å². The summed E-state index contributed by atoms with van der Waals surface area (Å²) in [6, 6.07) is 4.89. The molecule has 0 saturated heterocycles. The van der Waals surface area contributed by atoms with Crippen LogP contribution in [0.15, 0.2) is 36.9 Å². The van der Waals surface area contributed by atoms with Gasteiger partial charge in [0.15, 0.2) is 0 Å². The predicted molar refractivity (Wildman–Crippen MR) is 74.5 cm³/mol. The Balaban J connectivity index is 1.75. The summed E-state index contributed by atoms with van der Waals surface area (Å²) in [6.07, 6.45) is 5.53. The number of aromatic nitrogens is 2. The van der Waals surface area contributed by atoms with E-state index in [1.54, 1.807) is 12.3 Å². The molecule has 0 aliphatic carbocycles. The molecule has 1 atom stereocenters. The van der Waals surface area contributed by atoms with Crippen LogP contribution in [0.5, 0.6) is 0 Å². The summed E-state index contributed by atoms with van der Waals surface area (Å²) < 4.78 is 15.3. The molecule has 0 amide bonds. The van der Waals surface area contributed by atoms with Crippen LogP contribution in [0.3, 0.4) is 0 Å². The highest BCUT2D eigenvalue weighted by atomic mass is 35.5. The third kappa shape index (κ3) is 4.33. The van der Waals surface area contributed by atoms with Gasteiger partial charge in [-0.25, -0.2) is 9.37 Å². The Hall–Kier alpha value is -1.39. The number of nitrogens with zero attached hydrogens (tertiary/aromatic N) is 2. The van der Waals surface area contributed by atoms with Gasteiger partial charge < -0.3 is 9.88 Å². The van der Waals surface area contributed by atoms with Crippen LogP contribution in [0, 0.1) is 11.7 Å². The molecule has 0 saturated carbocycles. The topological polar surface area (TPSA) is 29.9 Å². The monoisotopic (exact) mass is 281 g/mol. The molecule has 0 spiro atoms. The van der Waals surface area contributed by atoms with E-state index >= 15 is 0 Å². The zero-order valence-electron chi connectivity index (χ0n) is 10.8. The minimum atomic E-state index is -0.368. The van der Waals surface area contributed by atoms with Crippen molar-refractivity contribution in [3.63, 3.8) is 0 Å². The zero-order chi connectivity index (χ0) is 13.7. The molecule has 19 heavy (non-hydrogen) atoms. The van der Waals surface area contributed by atoms with E-state index in [0.29, 0.717) is 12.5 Å². The Morgan fingerprint density at radius 2 is 2.32 bits per heavy atom. The number of nitrogens with one attached hydrogen (secondary N) is 1. The lowest BCUT2D eigenvalue weighted by molar-refractivity contribution is 0.444. The fourth-order valence-electron chi connectivity index (χ4n) is 1.93. The van der Waals surface area contributed by atoms with Crippen molar-refractivity contribution < 1.29 is 4.39 Å². The summed E-state index contributed by atoms with van der Waals surface area (Å²) >= 11 is 5.64. The van der Waals surface area contributed by atoms with Crippen LogP contribution in [-0.4, -0.2) is 16.1 Å². The Morgan fingerprint density at radius 1 is 1.47 bits per heavy atom. The second-order valence-electron chi connectivity index (χ2n) is 4.74. The molecule has 2 rings (SSSR count). The SMILES string of the molecule is CC(CNCc1ccc(Cl)c(F)c1)Cn1ccnc1. The molecule has 1 aromatic carbocycles. The largest absolute Gasteiger partial charge is 0.337 e. The number of hydrogen-bond donors (Lipinski definition) is 1. The minimum absolute atomic E-state index is 0.164. The molecule has 0 fully saturated rings. The number of halogens is 2. The Morgan fingerprint density at radius 3 is 3.00 bits per heavy atom. The smallest absolute Gasteiger partial charge is 0.142 e. The first kappa shape index (κ1) is 14.0. The highest BCUT2D eigenvalue weighted by Crippen LogP contribution is 2.15. The molecular formula is C14H17ClFN3. The summed E-state index contributed by atoms with van der Waals surface area (Å²) in [5, 5.41) is 3.48. The summed E-state index contributed by atoms with van der Waals surface area (Å²) in [7, 11) is 0. The van der Waals surface area contributed by atoms with Crippen molar-refractivity contribution in [2.75, 3.05) is 6.54 Å². The van der Waals surface area contributed by atoms with Gasteiger partial charge in [0.05, 0.1) is 11.3 Å². The van der Waals surface area contributed by atoms with Crippen LogP contribution in [-0.2, 0) is 13.1 Å². The van der Waals surface area contributed by atoms with Gasteiger partial charge in [0.1, 0.15) is 5.82 Å². The van der Waals surface area contributed by atoms with E-state index in [9.17, 15) is 4.39 Å². The van der Waals surface area contributed by atoms with Gasteiger partial charge in [-0.15, -0.1) is 0 Å². The van der Waals surface area contributed by atoms with Gasteiger partial charge >= 0.3 is 0 Å². The van der Waals surface area contributed by atoms with Gasteiger partial charge in [0.2, 0.25) is 0 Å². The third-order valence-corrected chi connectivity index (χ3v) is 3.19. The highest BCUT2D eigenvalue weighted by molar-refractivity contribution is 6.30. The van der Waals surface area contributed by atoms with Crippen molar-refractivity contribution in [1.82, 2.24) is 14.9 Å². The second kappa shape index (κ2) is 6.68. The van der Waals surface area contributed by atoms with Crippen LogP contribution >= 0.6 is 11.6 Å². The molecule has 0 aliphatic rings. The maximum absolute atomic E-state index is 13.2. The summed E-state index contributed by atoms with van der Waals surface area (Å²) in [6.45, 7) is 4.59. The first-order valence-corrected chi connectivity index (χ1v) is 6.63. The molecule has 1 aromatic heterocycles. The molecule has 3 nitrogen and oxygen atoms in total. The van der Waals surface area contributed by atoms with Crippen molar-refractivity contribution in [3.8, 4) is 0 Å². The average Bonchev–Trinajstić information content (AvgIpc) is 2.86. The molecule has 0 bridgehead atoms. The molecule has 0 radical (unpaired) electrons. The molecule has 102 valence electrons. The minimum Gasteiger partial charge on any atom is -0.337 e. The lowest BCUT2D eigenvalue weighted by Crippen LogP contribution is -2.23. The molecule has 1 unspecified atom stereocenters. The quantitative estimate of drug-likeness (QED) is 0.882. The van der Waals surface area contributed by atoms with E-state index in [0.717, 1.165) is 18.7 Å². The molecule has 5 heteroatoms. The van der Waals surface area contributed by atoms with Crippen molar-refractivity contribution >= 4 is 11.6 Å². The van der Waals surface area contributed by atoms with E-state index in [1.807, 2.05) is 23.2 Å². The summed E-state index contributed by atoms with van der Waals surface area (Å²) in [5.41, 5.74) is 0.900. The zero-order valence-corrected chi connectivity index (χ0v) is 11.6. The summed E-state index contributed by atoms with van der Waals surface area (Å²) in [4.78, 5) is 4.01. The fourth-order valence-corrected chi connectivity index (χ4v) is 2.05. The van der Waals surface area contributed by atoms with Crippen molar-refractivity contribution in [1.29, 1.82) is 0 Å². The van der Waals surface area contributed by atoms with Crippen LogP contribution in [0.2, 0.25) is 5.02 Å². The van der Waals surface area contributed by atoms with Crippen LogP contribution in [0.1, 0.15) is 12.5 Å². The lowest BCUT2D eigenvalue weighted by Gasteiger charge is -2.13. The van der Waals surface area contributed by atoms with E-state index in [2.05, 4.69) is 17.2 Å². The molecule has 0 aliphatic heterocycles. The van der Waals surface area contributed by atoms with E-state index < -0.39 is 0 Å². The normalized spacial score (nSPS) is 12.6. The van der Waals surface area contributed by atoms with Crippen molar-refractivity contribution in [3.05, 3.63) is 53.3 Å². The summed E-state index contributed by atoms with van der Waals surface area (Å²) in [5.74, 6) is 0.110. The maximum Gasteiger partial charge on any atom is 0.142 e. The van der Waals surface area contributed by atoms with E-state index in [-0.39, 0.29) is 10.8 Å². The Kier molecular flexibility index (Phi) is 4.93. The number of imidazole rings is 1. The molecular weight excluding hydrogens is 265 g/mol. The molecule has 1 heterocycles. The average molecular weight is 282 g/mol. The van der Waals surface area contributed by atoms with E-state index in [4.69, 9.17) is 11.6 Å². The maximum atomic E-state index is 13.2. The third-order valence-electron chi connectivity index (χ3n) is 2.89. The Bertz CT molecular complexity index is 513. The molecule has 2 aromatic rings. The Labute approximate surface area is 117 Å². The van der Waals surface area contributed by atoms with Gasteiger partial charge in [-0.05, 0) is 30.2 Å². The highest BCUT2D eigenvalue weighted by Gasteiger charge is 2.04. The molecule has 1 N–H and O–H groups in total. The van der Waals surface area contributed by atoms with Gasteiger partial charge in [0, 0.05) is 25.5 Å². The number of benzene rings is 1. The lowest BCUT2D eigenvalue weighted by atomic mass is 10.1. The van der Waals surface area contributed by atoms with Crippen LogP contribution in [0.4, 0.5) is 4.39 Å².